The molecule has 1 saturated heterocycles. The number of carbonyl (C=O) groups is 2. The Morgan fingerprint density at radius 1 is 0.969 bits per heavy atom. The third-order valence-corrected chi connectivity index (χ3v) is 7.62. The van der Waals surface area contributed by atoms with E-state index in [0.717, 1.165) is 36.8 Å². The van der Waals surface area contributed by atoms with E-state index in [-0.39, 0.29) is 11.3 Å². The van der Waals surface area contributed by atoms with Crippen LogP contribution >= 0.6 is 0 Å². The highest BCUT2D eigenvalue weighted by Crippen LogP contribution is 2.22. The van der Waals surface area contributed by atoms with Gasteiger partial charge in [0, 0.05) is 18.7 Å². The summed E-state index contributed by atoms with van der Waals surface area (Å²) in [6.07, 6.45) is 3.80. The van der Waals surface area contributed by atoms with Gasteiger partial charge in [0.05, 0.1) is 24.5 Å². The van der Waals surface area contributed by atoms with Gasteiger partial charge in [-0.05, 0) is 49.6 Å². The molecule has 0 unspecified atom stereocenters. The van der Waals surface area contributed by atoms with Crippen LogP contribution in [0.4, 0.5) is 0 Å². The molecule has 0 aliphatic carbocycles. The Balaban J connectivity index is 1.75. The van der Waals surface area contributed by atoms with Gasteiger partial charge in [-0.3, -0.25) is 9.59 Å². The predicted molar refractivity (Wildman–Crippen MR) is 122 cm³/mol. The van der Waals surface area contributed by atoms with Gasteiger partial charge in [-0.25, -0.2) is 8.42 Å². The number of sulfonamides is 1. The van der Waals surface area contributed by atoms with Crippen molar-refractivity contribution < 1.29 is 22.7 Å². The van der Waals surface area contributed by atoms with E-state index < -0.39 is 27.9 Å². The molecular weight excluding hydrogens is 428 g/mol. The average Bonchev–Trinajstić information content (AvgIpc) is 3.09. The molecule has 0 aromatic heterocycles. The van der Waals surface area contributed by atoms with Crippen LogP contribution in [-0.4, -0.2) is 44.8 Å². The van der Waals surface area contributed by atoms with E-state index in [1.807, 2.05) is 31.2 Å². The van der Waals surface area contributed by atoms with Gasteiger partial charge in [-0.1, -0.05) is 42.7 Å². The first-order chi connectivity index (χ1) is 15.3. The van der Waals surface area contributed by atoms with E-state index >= 15 is 0 Å². The lowest BCUT2D eigenvalue weighted by molar-refractivity contribution is -0.141. The summed E-state index contributed by atoms with van der Waals surface area (Å²) in [6.45, 7) is 3.01. The quantitative estimate of drug-likeness (QED) is 0.640. The Morgan fingerprint density at radius 2 is 1.56 bits per heavy atom. The number of amides is 1. The minimum atomic E-state index is -3.58. The van der Waals surface area contributed by atoms with Gasteiger partial charge >= 0.3 is 5.97 Å². The normalized spacial score (nSPS) is 16.1. The maximum Gasteiger partial charge on any atom is 0.307 e. The summed E-state index contributed by atoms with van der Waals surface area (Å²) in [4.78, 5) is 24.9. The number of ether oxygens (including phenoxy) is 1. The van der Waals surface area contributed by atoms with E-state index in [9.17, 15) is 18.0 Å². The summed E-state index contributed by atoms with van der Waals surface area (Å²) < 4.78 is 32.2. The van der Waals surface area contributed by atoms with E-state index in [1.165, 1.54) is 35.7 Å². The summed E-state index contributed by atoms with van der Waals surface area (Å²) in [5, 5.41) is 2.86. The number of carbonyl (C=O) groups excluding carboxylic acids is 2. The van der Waals surface area contributed by atoms with Crippen molar-refractivity contribution in [1.82, 2.24) is 9.62 Å². The van der Waals surface area contributed by atoms with Gasteiger partial charge in [0.1, 0.15) is 0 Å². The molecule has 1 amide bonds. The van der Waals surface area contributed by atoms with E-state index in [2.05, 4.69) is 5.32 Å². The molecule has 7 nitrogen and oxygen atoms in total. The summed E-state index contributed by atoms with van der Waals surface area (Å²) in [5.41, 5.74) is 2.18. The molecule has 0 saturated carbocycles. The third kappa shape index (κ3) is 5.95. The molecule has 1 N–H and O–H groups in total. The van der Waals surface area contributed by atoms with E-state index in [0.29, 0.717) is 18.7 Å². The molecule has 1 aliphatic rings. The fourth-order valence-corrected chi connectivity index (χ4v) is 5.27. The number of nitrogens with zero attached hydrogens (tertiary/aromatic N) is 1. The Morgan fingerprint density at radius 3 is 2.12 bits per heavy atom. The molecule has 1 atom stereocenters. The molecule has 3 rings (SSSR count). The molecule has 0 radical (unpaired) electrons. The topological polar surface area (TPSA) is 92.8 Å². The second-order valence-corrected chi connectivity index (χ2v) is 10.00. The zero-order valence-electron chi connectivity index (χ0n) is 18.5. The number of aryl methyl sites for hydroxylation is 1. The zero-order valence-corrected chi connectivity index (χ0v) is 19.4. The smallest absolute Gasteiger partial charge is 0.307 e. The zero-order chi connectivity index (χ0) is 23.1. The minimum absolute atomic E-state index is 0.00722. The highest BCUT2D eigenvalue weighted by molar-refractivity contribution is 7.89. The van der Waals surface area contributed by atoms with Crippen LogP contribution in [0.5, 0.6) is 0 Å². The fourth-order valence-electron chi connectivity index (χ4n) is 3.75. The molecule has 172 valence electrons. The Hall–Kier alpha value is -2.71. The Labute approximate surface area is 189 Å². The highest BCUT2D eigenvalue weighted by Gasteiger charge is 2.26. The number of methoxy groups -OCH3 is 1. The monoisotopic (exact) mass is 458 g/mol. The van der Waals surface area contributed by atoms with Crippen LogP contribution in [0.15, 0.2) is 53.4 Å². The number of rotatable bonds is 7. The van der Waals surface area contributed by atoms with Gasteiger partial charge in [0.15, 0.2) is 0 Å². The molecule has 0 bridgehead atoms. The molecule has 1 fully saturated rings. The number of esters is 1. The maximum atomic E-state index is 12.9. The second-order valence-electron chi connectivity index (χ2n) is 8.06. The molecule has 2 aromatic rings. The number of nitrogens with one attached hydrogen (secondary N) is 1. The lowest BCUT2D eigenvalue weighted by Gasteiger charge is -2.20. The minimum Gasteiger partial charge on any atom is -0.469 e. The molecule has 2 aromatic carbocycles. The summed E-state index contributed by atoms with van der Waals surface area (Å²) >= 11 is 0. The predicted octanol–water partition coefficient (Wildman–Crippen LogP) is 3.59. The van der Waals surface area contributed by atoms with Crippen molar-refractivity contribution in [2.24, 2.45) is 0 Å². The van der Waals surface area contributed by atoms with Gasteiger partial charge in [0.2, 0.25) is 10.0 Å². The molecular formula is C24H30N2O5S. The van der Waals surface area contributed by atoms with Crippen molar-refractivity contribution in [3.05, 3.63) is 65.2 Å². The van der Waals surface area contributed by atoms with Gasteiger partial charge in [0.25, 0.3) is 5.91 Å². The highest BCUT2D eigenvalue weighted by atomic mass is 32.2. The van der Waals surface area contributed by atoms with Gasteiger partial charge < -0.3 is 10.1 Å². The summed E-state index contributed by atoms with van der Waals surface area (Å²) in [6, 6.07) is 12.9. The van der Waals surface area contributed by atoms with Crippen LogP contribution in [0, 0.1) is 6.92 Å². The van der Waals surface area contributed by atoms with Crippen molar-refractivity contribution in [2.45, 2.75) is 50.0 Å². The van der Waals surface area contributed by atoms with Crippen molar-refractivity contribution in [1.29, 1.82) is 0 Å². The standard InChI is InChI=1S/C24H30N2O5S/c1-18-7-9-19(10-8-18)22(17-23(27)31-2)25-24(28)20-11-13-21(14-12-20)32(29,30)26-15-5-3-4-6-16-26/h7-14,22H,3-6,15-17H2,1-2H3,(H,25,28)/t22-/m1/s1. The summed E-state index contributed by atoms with van der Waals surface area (Å²) in [5.74, 6) is -0.826. The van der Waals surface area contributed by atoms with Crippen molar-refractivity contribution in [3.8, 4) is 0 Å². The van der Waals surface area contributed by atoms with Crippen LogP contribution in [0.1, 0.15) is 59.6 Å². The lowest BCUT2D eigenvalue weighted by atomic mass is 10.0. The lowest BCUT2D eigenvalue weighted by Crippen LogP contribution is -2.32. The van der Waals surface area contributed by atoms with Crippen LogP contribution in [0.3, 0.4) is 0 Å². The van der Waals surface area contributed by atoms with Crippen LogP contribution < -0.4 is 5.32 Å². The molecule has 1 aliphatic heterocycles. The number of hydrogen-bond acceptors (Lipinski definition) is 5. The molecule has 1 heterocycles. The van der Waals surface area contributed by atoms with E-state index in [1.54, 1.807) is 0 Å². The van der Waals surface area contributed by atoms with Crippen molar-refractivity contribution >= 4 is 21.9 Å². The molecule has 0 spiro atoms. The molecule has 32 heavy (non-hydrogen) atoms. The van der Waals surface area contributed by atoms with Crippen LogP contribution in [0.2, 0.25) is 0 Å². The first-order valence-electron chi connectivity index (χ1n) is 10.9. The maximum absolute atomic E-state index is 12.9. The SMILES string of the molecule is COC(=O)C[C@@H](NC(=O)c1ccc(S(=O)(=O)N2CCCCCC2)cc1)c1ccc(C)cc1. The Kier molecular flexibility index (Phi) is 8.04. The van der Waals surface area contributed by atoms with Crippen LogP contribution in [-0.2, 0) is 19.6 Å². The number of hydrogen-bond donors (Lipinski definition) is 1. The molecule has 8 heteroatoms. The van der Waals surface area contributed by atoms with E-state index in [4.69, 9.17) is 4.74 Å². The third-order valence-electron chi connectivity index (χ3n) is 5.70. The average molecular weight is 459 g/mol. The fraction of sp³-hybridized carbons (Fsp3) is 0.417. The first kappa shape index (κ1) is 23.9. The van der Waals surface area contributed by atoms with Gasteiger partial charge in [-0.15, -0.1) is 0 Å². The first-order valence-corrected chi connectivity index (χ1v) is 12.3. The second kappa shape index (κ2) is 10.7. The number of benzene rings is 2. The van der Waals surface area contributed by atoms with Crippen LogP contribution in [0.25, 0.3) is 0 Å². The Bertz CT molecular complexity index is 1030. The van der Waals surface area contributed by atoms with Gasteiger partial charge in [-0.2, -0.15) is 4.31 Å². The summed E-state index contributed by atoms with van der Waals surface area (Å²) in [7, 11) is -2.27. The largest absolute Gasteiger partial charge is 0.469 e. The van der Waals surface area contributed by atoms with Crippen molar-refractivity contribution in [3.63, 3.8) is 0 Å². The van der Waals surface area contributed by atoms with Crippen molar-refractivity contribution in [2.75, 3.05) is 20.2 Å².